The predicted octanol–water partition coefficient (Wildman–Crippen LogP) is 3.35. The van der Waals surface area contributed by atoms with Crippen molar-refractivity contribution in [2.45, 2.75) is 102 Å². The summed E-state index contributed by atoms with van der Waals surface area (Å²) in [7, 11) is 3.63. The summed E-state index contributed by atoms with van der Waals surface area (Å²) in [5.74, 6) is -1.28. The first kappa shape index (κ1) is 29.7. The molecule has 4 aliphatic rings. The molecule has 2 aliphatic heterocycles. The van der Waals surface area contributed by atoms with E-state index in [1.807, 2.05) is 21.0 Å². The van der Waals surface area contributed by atoms with Crippen molar-refractivity contribution in [3.63, 3.8) is 0 Å². The lowest BCUT2D eigenvalue weighted by molar-refractivity contribution is -0.456. The molecule has 1 unspecified atom stereocenters. The van der Waals surface area contributed by atoms with Crippen LogP contribution in [0.1, 0.15) is 60.8 Å². The Morgan fingerprint density at radius 1 is 1.15 bits per heavy atom. The monoisotopic (exact) mass is 548 g/mol. The maximum atomic E-state index is 14.7. The summed E-state index contributed by atoms with van der Waals surface area (Å²) >= 11 is 0. The molecule has 10 heteroatoms. The van der Waals surface area contributed by atoms with Crippen molar-refractivity contribution in [1.29, 1.82) is 0 Å². The second kappa shape index (κ2) is 9.68. The molecule has 0 aromatic carbocycles. The molecule has 2 saturated heterocycles. The molecule has 1 amide bonds. The van der Waals surface area contributed by atoms with Gasteiger partial charge in [-0.05, 0) is 46.2 Å². The summed E-state index contributed by atoms with van der Waals surface area (Å²) < 4.78 is 32.3. The first-order valence-electron chi connectivity index (χ1n) is 13.6. The summed E-state index contributed by atoms with van der Waals surface area (Å²) in [4.78, 5) is 42.2. The number of carbonyl (C=O) groups excluding carboxylic acids is 3. The number of esters is 1. The fourth-order valence-corrected chi connectivity index (χ4v) is 8.08. The molecule has 4 rings (SSSR count). The van der Waals surface area contributed by atoms with Crippen LogP contribution in [-0.4, -0.2) is 84.9 Å². The molecule has 2 saturated carbocycles. The van der Waals surface area contributed by atoms with Gasteiger partial charge in [0.25, 0.3) is 0 Å². The van der Waals surface area contributed by atoms with Gasteiger partial charge >= 0.3 is 12.1 Å². The fraction of sp³-hybridized carbons (Fsp3) is 0.759. The number of ketones is 1. The number of rotatable bonds is 6. The minimum atomic E-state index is -1.60. The Morgan fingerprint density at radius 2 is 1.82 bits per heavy atom. The maximum absolute atomic E-state index is 14.7. The van der Waals surface area contributed by atoms with Gasteiger partial charge in [-0.25, -0.2) is 4.79 Å². The van der Waals surface area contributed by atoms with Crippen molar-refractivity contribution in [2.75, 3.05) is 20.6 Å². The molecule has 1 spiro atoms. The Bertz CT molecular complexity index is 1060. The number of amides is 1. The van der Waals surface area contributed by atoms with Crippen molar-refractivity contribution < 1.29 is 38.1 Å². The van der Waals surface area contributed by atoms with E-state index in [1.54, 1.807) is 30.9 Å². The highest BCUT2D eigenvalue weighted by atomic mass is 16.7. The summed E-state index contributed by atoms with van der Waals surface area (Å²) in [5, 5.41) is 2.67. The quantitative estimate of drug-likeness (QED) is 0.394. The van der Waals surface area contributed by atoms with Crippen LogP contribution < -0.4 is 5.32 Å². The van der Waals surface area contributed by atoms with Crippen LogP contribution >= 0.6 is 0 Å². The van der Waals surface area contributed by atoms with Crippen LogP contribution in [0.25, 0.3) is 0 Å². The molecule has 0 bridgehead atoms. The van der Waals surface area contributed by atoms with E-state index in [0.717, 1.165) is 6.42 Å². The lowest BCUT2D eigenvalue weighted by atomic mass is 9.39. The van der Waals surface area contributed by atoms with E-state index >= 15 is 0 Å². The topological polar surface area (TPSA) is 113 Å². The standard InChI is InChI=1S/C29H44N2O8/c1-11-15-30-23(34)37-20-21-25(4,5)14-13-19-27(21,7)29(38-24(36-19)31(9)10)18(33)16-26(6,12-2)39-28(29,8)22(20)35-17(3)32/h11-12,19-22,24H,1-2,13-16H2,3-10H3,(H,30,34)/t19-,20-,21-,22-,24?,26-,27-,28+,29-/m0/s1. The lowest BCUT2D eigenvalue weighted by Crippen LogP contribution is -2.90. The average Bonchev–Trinajstić information content (AvgIpc) is 2.82. The van der Waals surface area contributed by atoms with Crippen LogP contribution in [0.5, 0.6) is 0 Å². The third-order valence-corrected chi connectivity index (χ3v) is 9.52. The molecule has 39 heavy (non-hydrogen) atoms. The first-order valence-corrected chi connectivity index (χ1v) is 13.6. The van der Waals surface area contributed by atoms with E-state index in [2.05, 4.69) is 32.3 Å². The van der Waals surface area contributed by atoms with E-state index in [1.165, 1.54) is 6.92 Å². The fourth-order valence-electron chi connectivity index (χ4n) is 8.08. The zero-order valence-corrected chi connectivity index (χ0v) is 24.5. The van der Waals surface area contributed by atoms with Crippen LogP contribution in [0, 0.1) is 16.7 Å². The van der Waals surface area contributed by atoms with Crippen LogP contribution in [0.4, 0.5) is 4.79 Å². The molecular formula is C29H44N2O8. The normalized spacial score (nSPS) is 44.4. The van der Waals surface area contributed by atoms with Gasteiger partial charge in [0.05, 0.1) is 11.7 Å². The van der Waals surface area contributed by atoms with Gasteiger partial charge in [0.1, 0.15) is 11.7 Å². The number of Topliss-reactive ketones (excluding diaryl/α,β-unsaturated/α-hetero) is 1. The largest absolute Gasteiger partial charge is 0.455 e. The first-order chi connectivity index (χ1) is 18.0. The minimum absolute atomic E-state index is 0.0137. The van der Waals surface area contributed by atoms with E-state index in [0.29, 0.717) is 6.42 Å². The number of hydrogen-bond donors (Lipinski definition) is 1. The van der Waals surface area contributed by atoms with Crippen LogP contribution in [0.2, 0.25) is 0 Å². The average molecular weight is 549 g/mol. The van der Waals surface area contributed by atoms with Crippen LogP contribution in [-0.2, 0) is 33.3 Å². The molecule has 0 aromatic rings. The Balaban J connectivity index is 2.04. The highest BCUT2D eigenvalue weighted by Gasteiger charge is 2.85. The number of alkyl carbamates (subject to hydrolysis) is 1. The Morgan fingerprint density at radius 3 is 2.38 bits per heavy atom. The summed E-state index contributed by atoms with van der Waals surface area (Å²) in [6.45, 7) is 18.7. The number of nitrogens with one attached hydrogen (secondary N) is 1. The zero-order chi connectivity index (χ0) is 29.2. The molecule has 4 fully saturated rings. The third kappa shape index (κ3) is 4.17. The zero-order valence-electron chi connectivity index (χ0n) is 24.5. The molecule has 1 N–H and O–H groups in total. The molecule has 0 radical (unpaired) electrons. The van der Waals surface area contributed by atoms with Crippen molar-refractivity contribution in [3.05, 3.63) is 25.3 Å². The molecule has 218 valence electrons. The summed E-state index contributed by atoms with van der Waals surface area (Å²) in [6.07, 6.45) is 0.395. The van der Waals surface area contributed by atoms with E-state index in [9.17, 15) is 14.4 Å². The second-order valence-corrected chi connectivity index (χ2v) is 12.9. The second-order valence-electron chi connectivity index (χ2n) is 12.9. The SMILES string of the molecule is C=CCNC(=O)O[C@H]1[C@H]2C(C)(C)CC[C@@H]3OC(N(C)C)O[C@@]4(C(=O)C[C@](C)(C=C)O[C@]4(C)[C@H]1OC(C)=O)[C@@]32C. The predicted molar refractivity (Wildman–Crippen MR) is 143 cm³/mol. The van der Waals surface area contributed by atoms with Crippen LogP contribution in [0.15, 0.2) is 25.3 Å². The molecule has 2 aliphatic carbocycles. The maximum Gasteiger partial charge on any atom is 0.407 e. The number of hydrogen-bond acceptors (Lipinski definition) is 9. The molecular weight excluding hydrogens is 504 g/mol. The Labute approximate surface area is 231 Å². The van der Waals surface area contributed by atoms with Gasteiger partial charge in [0.2, 0.25) is 6.41 Å². The number of ether oxygens (including phenoxy) is 5. The van der Waals surface area contributed by atoms with Gasteiger partial charge in [0, 0.05) is 31.2 Å². The van der Waals surface area contributed by atoms with Crippen molar-refractivity contribution in [2.24, 2.45) is 16.7 Å². The Kier molecular flexibility index (Phi) is 7.37. The van der Waals surface area contributed by atoms with Crippen molar-refractivity contribution in [1.82, 2.24) is 10.2 Å². The third-order valence-electron chi connectivity index (χ3n) is 9.52. The highest BCUT2D eigenvalue weighted by Crippen LogP contribution is 2.70. The van der Waals surface area contributed by atoms with Gasteiger partial charge in [-0.1, -0.05) is 32.9 Å². The van der Waals surface area contributed by atoms with Gasteiger partial charge in [-0.15, -0.1) is 13.2 Å². The number of carbonyl (C=O) groups is 3. The Hall–Kier alpha value is -2.27. The van der Waals surface area contributed by atoms with Gasteiger partial charge < -0.3 is 29.0 Å². The highest BCUT2D eigenvalue weighted by molar-refractivity contribution is 5.93. The summed E-state index contributed by atoms with van der Waals surface area (Å²) in [5.41, 5.74) is -5.73. The van der Waals surface area contributed by atoms with Crippen LogP contribution in [0.3, 0.4) is 0 Å². The molecule has 0 aromatic heterocycles. The van der Waals surface area contributed by atoms with E-state index in [-0.39, 0.29) is 18.7 Å². The molecule has 2 heterocycles. The molecule has 10 nitrogen and oxygen atoms in total. The smallest absolute Gasteiger partial charge is 0.407 e. The summed E-state index contributed by atoms with van der Waals surface area (Å²) in [6, 6.07) is 0. The lowest BCUT2D eigenvalue weighted by Gasteiger charge is -2.74. The van der Waals surface area contributed by atoms with Crippen molar-refractivity contribution in [3.8, 4) is 0 Å². The van der Waals surface area contributed by atoms with E-state index < -0.39 is 70.3 Å². The van der Waals surface area contributed by atoms with Gasteiger partial charge in [0.15, 0.2) is 17.5 Å². The number of nitrogens with zero attached hydrogens (tertiary/aromatic N) is 1. The van der Waals surface area contributed by atoms with E-state index in [4.69, 9.17) is 23.7 Å². The van der Waals surface area contributed by atoms with Gasteiger partial charge in [-0.2, -0.15) is 0 Å². The minimum Gasteiger partial charge on any atom is -0.455 e. The van der Waals surface area contributed by atoms with Crippen molar-refractivity contribution >= 4 is 17.8 Å². The molecule has 9 atom stereocenters. The van der Waals surface area contributed by atoms with Gasteiger partial charge in [-0.3, -0.25) is 14.5 Å².